The Kier molecular flexibility index (Phi) is 5.83. The second kappa shape index (κ2) is 7.44. The van der Waals surface area contributed by atoms with E-state index in [-0.39, 0.29) is 24.5 Å². The van der Waals surface area contributed by atoms with Crippen molar-refractivity contribution in [1.29, 1.82) is 0 Å². The molecule has 1 aromatic rings. The topological polar surface area (TPSA) is 69.6 Å². The third kappa shape index (κ3) is 4.00. The van der Waals surface area contributed by atoms with E-state index in [1.165, 1.54) is 0 Å². The fourth-order valence-electron chi connectivity index (χ4n) is 2.62. The van der Waals surface area contributed by atoms with Crippen LogP contribution >= 0.6 is 27.5 Å². The molecule has 1 aliphatic rings. The van der Waals surface area contributed by atoms with Gasteiger partial charge in [0.1, 0.15) is 0 Å². The lowest BCUT2D eigenvalue weighted by Gasteiger charge is -2.42. The second-order valence-electron chi connectivity index (χ2n) is 5.35. The van der Waals surface area contributed by atoms with Gasteiger partial charge in [-0.2, -0.15) is 0 Å². The number of aliphatic carboxylic acids is 1. The Labute approximate surface area is 142 Å². The summed E-state index contributed by atoms with van der Waals surface area (Å²) in [6.07, 6.45) is 1.52. The molecule has 0 radical (unpaired) electrons. The summed E-state index contributed by atoms with van der Waals surface area (Å²) >= 11 is 9.41. The third-order valence-electron chi connectivity index (χ3n) is 3.91. The van der Waals surface area contributed by atoms with Crippen LogP contribution in [0.15, 0.2) is 22.7 Å². The lowest BCUT2D eigenvalue weighted by atomic mass is 9.85. The molecule has 0 spiro atoms. The molecule has 1 amide bonds. The van der Waals surface area contributed by atoms with Gasteiger partial charge >= 0.3 is 5.97 Å². The van der Waals surface area contributed by atoms with Gasteiger partial charge in [-0.05, 0) is 47.4 Å². The third-order valence-corrected chi connectivity index (χ3v) is 5.20. The number of likely N-dealkylation sites (N-methyl/N-ethyl adjacent to an activating group) is 1. The molecule has 0 aromatic heterocycles. The quantitative estimate of drug-likeness (QED) is 0.785. The molecule has 0 saturated heterocycles. The van der Waals surface area contributed by atoms with Gasteiger partial charge in [-0.15, -0.1) is 0 Å². The van der Waals surface area contributed by atoms with E-state index in [0.29, 0.717) is 21.6 Å². The molecule has 0 heterocycles. The molecule has 1 aromatic carbocycles. The van der Waals surface area contributed by atoms with Crippen LogP contribution in [0.4, 0.5) is 0 Å². The van der Waals surface area contributed by atoms with Crippen molar-refractivity contribution in [1.82, 2.24) is 10.2 Å². The maximum Gasteiger partial charge on any atom is 0.317 e. The Balaban J connectivity index is 1.88. The first-order valence-electron chi connectivity index (χ1n) is 7.13. The lowest BCUT2D eigenvalue weighted by molar-refractivity contribution is -0.139. The van der Waals surface area contributed by atoms with E-state index in [9.17, 15) is 9.59 Å². The van der Waals surface area contributed by atoms with Crippen molar-refractivity contribution < 1.29 is 14.7 Å². The zero-order valence-electron chi connectivity index (χ0n) is 12.2. The van der Waals surface area contributed by atoms with Gasteiger partial charge in [-0.1, -0.05) is 24.6 Å². The van der Waals surface area contributed by atoms with E-state index >= 15 is 0 Å². The number of nitrogens with one attached hydrogen (secondary N) is 1. The Morgan fingerprint density at radius 1 is 1.45 bits per heavy atom. The van der Waals surface area contributed by atoms with Gasteiger partial charge in [0.05, 0.1) is 17.1 Å². The number of rotatable bonds is 6. The monoisotopic (exact) mass is 388 g/mol. The molecule has 2 N–H and O–H groups in total. The van der Waals surface area contributed by atoms with Crippen LogP contribution in [0.3, 0.4) is 0 Å². The number of carbonyl (C=O) groups excluding carboxylic acids is 1. The molecule has 1 saturated carbocycles. The second-order valence-corrected chi connectivity index (χ2v) is 6.59. The first kappa shape index (κ1) is 17.2. The highest BCUT2D eigenvalue weighted by molar-refractivity contribution is 9.10. The Morgan fingerprint density at radius 2 is 2.14 bits per heavy atom. The number of benzene rings is 1. The van der Waals surface area contributed by atoms with Crippen molar-refractivity contribution in [2.45, 2.75) is 31.8 Å². The minimum atomic E-state index is -0.824. The number of carbonyl (C=O) groups is 2. The summed E-state index contributed by atoms with van der Waals surface area (Å²) in [4.78, 5) is 24.9. The van der Waals surface area contributed by atoms with E-state index in [2.05, 4.69) is 21.2 Å². The van der Waals surface area contributed by atoms with Crippen LogP contribution in [-0.2, 0) is 4.79 Å². The van der Waals surface area contributed by atoms with Crippen LogP contribution < -0.4 is 5.32 Å². The minimum absolute atomic E-state index is 0.0410. The average molecular weight is 390 g/mol. The molecule has 0 aliphatic heterocycles. The minimum Gasteiger partial charge on any atom is -0.480 e. The molecular weight excluding hydrogens is 372 g/mol. The van der Waals surface area contributed by atoms with Gasteiger partial charge in [-0.25, -0.2) is 0 Å². The highest BCUT2D eigenvalue weighted by Crippen LogP contribution is 2.28. The van der Waals surface area contributed by atoms with Gasteiger partial charge < -0.3 is 10.4 Å². The van der Waals surface area contributed by atoms with Gasteiger partial charge in [-0.3, -0.25) is 14.5 Å². The Morgan fingerprint density at radius 3 is 2.73 bits per heavy atom. The molecule has 1 aliphatic carbocycles. The van der Waals surface area contributed by atoms with Crippen molar-refractivity contribution in [2.24, 2.45) is 0 Å². The van der Waals surface area contributed by atoms with Crippen molar-refractivity contribution in [3.63, 3.8) is 0 Å². The Hall–Kier alpha value is -1.11. The number of hydrogen-bond acceptors (Lipinski definition) is 3. The largest absolute Gasteiger partial charge is 0.480 e. The standard InChI is InChI=1S/C15H18BrClN2O3/c1-2-19(8-13(20)21)10-6-9(7-10)18-15(22)11-4-3-5-12(16)14(11)17/h3-5,9-10H,2,6-8H2,1H3,(H,18,22)(H,20,21). The molecule has 0 unspecified atom stereocenters. The average Bonchev–Trinajstić information content (AvgIpc) is 2.42. The van der Waals surface area contributed by atoms with Crippen LogP contribution in [0, 0.1) is 0 Å². The van der Waals surface area contributed by atoms with Crippen molar-refractivity contribution in [2.75, 3.05) is 13.1 Å². The summed E-state index contributed by atoms with van der Waals surface area (Å²) in [5.74, 6) is -1.02. The molecule has 22 heavy (non-hydrogen) atoms. The van der Waals surface area contributed by atoms with Crippen LogP contribution in [0.1, 0.15) is 30.1 Å². The number of amides is 1. The van der Waals surface area contributed by atoms with E-state index in [1.807, 2.05) is 11.8 Å². The van der Waals surface area contributed by atoms with Gasteiger partial charge in [0.15, 0.2) is 0 Å². The number of carboxylic acids is 1. The first-order chi connectivity index (χ1) is 10.4. The van der Waals surface area contributed by atoms with Crippen molar-refractivity contribution >= 4 is 39.4 Å². The molecular formula is C15H18BrClN2O3. The van der Waals surface area contributed by atoms with Crippen LogP contribution in [0.25, 0.3) is 0 Å². The smallest absolute Gasteiger partial charge is 0.317 e. The summed E-state index contributed by atoms with van der Waals surface area (Å²) in [7, 11) is 0. The highest BCUT2D eigenvalue weighted by atomic mass is 79.9. The number of nitrogens with zero attached hydrogens (tertiary/aromatic N) is 1. The molecule has 1 fully saturated rings. The van der Waals surface area contributed by atoms with Crippen LogP contribution in [0.5, 0.6) is 0 Å². The molecule has 5 nitrogen and oxygen atoms in total. The lowest BCUT2D eigenvalue weighted by Crippen LogP contribution is -2.54. The van der Waals surface area contributed by atoms with Gasteiger partial charge in [0, 0.05) is 16.6 Å². The molecule has 120 valence electrons. The van der Waals surface area contributed by atoms with Gasteiger partial charge in [0.25, 0.3) is 5.91 Å². The summed E-state index contributed by atoms with van der Waals surface area (Å²) in [6.45, 7) is 2.67. The summed E-state index contributed by atoms with van der Waals surface area (Å²) < 4.78 is 0.687. The molecule has 0 atom stereocenters. The number of halogens is 2. The fraction of sp³-hybridized carbons (Fsp3) is 0.467. The normalized spacial score (nSPS) is 20.5. The van der Waals surface area contributed by atoms with Crippen molar-refractivity contribution in [3.8, 4) is 0 Å². The zero-order chi connectivity index (χ0) is 16.3. The maximum atomic E-state index is 12.2. The SMILES string of the molecule is CCN(CC(=O)O)C1CC(NC(=O)c2cccc(Br)c2Cl)C1. The van der Waals surface area contributed by atoms with E-state index in [4.69, 9.17) is 16.7 Å². The molecule has 7 heteroatoms. The predicted octanol–water partition coefficient (Wildman–Crippen LogP) is 2.77. The predicted molar refractivity (Wildman–Crippen MR) is 88.3 cm³/mol. The number of hydrogen-bond donors (Lipinski definition) is 2. The van der Waals surface area contributed by atoms with Crippen molar-refractivity contribution in [3.05, 3.63) is 33.3 Å². The number of carboxylic acid groups (broad SMARTS) is 1. The summed E-state index contributed by atoms with van der Waals surface area (Å²) in [5.41, 5.74) is 0.442. The molecule has 2 rings (SSSR count). The van der Waals surface area contributed by atoms with Crippen LogP contribution in [-0.4, -0.2) is 47.1 Å². The summed E-state index contributed by atoms with van der Waals surface area (Å²) in [5, 5.41) is 12.2. The van der Waals surface area contributed by atoms with E-state index < -0.39 is 5.97 Å². The fourth-order valence-corrected chi connectivity index (χ4v) is 3.20. The highest BCUT2D eigenvalue weighted by Gasteiger charge is 2.35. The zero-order valence-corrected chi connectivity index (χ0v) is 14.5. The molecule has 0 bridgehead atoms. The maximum absolute atomic E-state index is 12.2. The van der Waals surface area contributed by atoms with Crippen LogP contribution in [0.2, 0.25) is 5.02 Å². The van der Waals surface area contributed by atoms with E-state index in [0.717, 1.165) is 12.8 Å². The summed E-state index contributed by atoms with van der Waals surface area (Å²) in [6, 6.07) is 5.50. The van der Waals surface area contributed by atoms with Gasteiger partial charge in [0.2, 0.25) is 0 Å². The Bertz CT molecular complexity index is 576. The first-order valence-corrected chi connectivity index (χ1v) is 8.30. The van der Waals surface area contributed by atoms with E-state index in [1.54, 1.807) is 18.2 Å².